The van der Waals surface area contributed by atoms with E-state index in [0.29, 0.717) is 45.3 Å². The molecule has 9 aliphatic carbocycles. The Labute approximate surface area is 356 Å². The Balaban J connectivity index is 1.25. The molecule has 0 radical (unpaired) electrons. The highest BCUT2D eigenvalue weighted by atomic mass is 16.5. The Hall–Kier alpha value is -2.17. The number of fused-ring (bicyclic) bond motifs is 4. The number of rotatable bonds is 7. The smallest absolute Gasteiger partial charge is 0.159 e. The molecule has 6 N–H and O–H groups in total. The number of allylic oxidation sites excluding steroid dienone is 3. The summed E-state index contributed by atoms with van der Waals surface area (Å²) < 4.78 is 6.34. The summed E-state index contributed by atoms with van der Waals surface area (Å²) in [7, 11) is 0. The van der Waals surface area contributed by atoms with Gasteiger partial charge in [0, 0.05) is 23.4 Å². The van der Waals surface area contributed by atoms with Gasteiger partial charge < -0.3 is 35.4 Å². The minimum absolute atomic E-state index is 0.0176. The molecule has 328 valence electrons. The summed E-state index contributed by atoms with van der Waals surface area (Å²) in [6, 6.07) is 6.27. The zero-order valence-corrected chi connectivity index (χ0v) is 37.1. The predicted octanol–water partition coefficient (Wildman–Crippen LogP) is 5.68. The first-order valence-electron chi connectivity index (χ1n) is 23.8. The molecule has 16 atom stereocenters. The van der Waals surface area contributed by atoms with Crippen LogP contribution in [0.15, 0.2) is 42.0 Å². The van der Waals surface area contributed by atoms with Gasteiger partial charge in [0.1, 0.15) is 0 Å². The van der Waals surface area contributed by atoms with Gasteiger partial charge >= 0.3 is 0 Å². The van der Waals surface area contributed by atoms with E-state index in [1.165, 1.54) is 5.57 Å². The van der Waals surface area contributed by atoms with Gasteiger partial charge in [-0.15, -0.1) is 0 Å². The Morgan fingerprint density at radius 3 is 2.43 bits per heavy atom. The maximum absolute atomic E-state index is 16.2. The molecule has 2 bridgehead atoms. The predicted molar refractivity (Wildman–Crippen MR) is 230 cm³/mol. The first-order valence-corrected chi connectivity index (χ1v) is 23.8. The number of benzene rings is 1. The molecular weight excluding hydrogens is 753 g/mol. The molecule has 1 aromatic carbocycles. The lowest BCUT2D eigenvalue weighted by Gasteiger charge is -2.77. The van der Waals surface area contributed by atoms with Crippen molar-refractivity contribution in [3.05, 3.63) is 58.0 Å². The first kappa shape index (κ1) is 41.8. The number of hydrogen-bond acceptors (Lipinski definition) is 8. The summed E-state index contributed by atoms with van der Waals surface area (Å²) in [5.74, 6) is -0.611. The van der Waals surface area contributed by atoms with Crippen LogP contribution >= 0.6 is 0 Å². The van der Waals surface area contributed by atoms with Crippen LogP contribution < -0.4 is 10.4 Å². The third-order valence-electron chi connectivity index (χ3n) is 20.8. The summed E-state index contributed by atoms with van der Waals surface area (Å²) >= 11 is 0. The van der Waals surface area contributed by atoms with Gasteiger partial charge in [-0.25, -0.2) is 0 Å². The molecule has 0 saturated heterocycles. The maximum atomic E-state index is 16.2. The van der Waals surface area contributed by atoms with Crippen LogP contribution in [-0.2, 0) is 9.53 Å². The van der Waals surface area contributed by atoms with Gasteiger partial charge in [-0.3, -0.25) is 4.79 Å². The lowest BCUT2D eigenvalue weighted by Crippen LogP contribution is -2.77. The van der Waals surface area contributed by atoms with Crippen molar-refractivity contribution in [1.29, 1.82) is 0 Å². The quantitative estimate of drug-likeness (QED) is 0.193. The molecule has 0 aromatic heterocycles. The molecule has 8 nitrogen and oxygen atoms in total. The lowest BCUT2D eigenvalue weighted by atomic mass is 9.27. The largest absolute Gasteiger partial charge is 0.396 e. The summed E-state index contributed by atoms with van der Waals surface area (Å²) in [5, 5.41) is 73.5. The van der Waals surface area contributed by atoms with Crippen LogP contribution in [0.4, 0.5) is 0 Å². The number of aliphatic hydroxyl groups excluding tert-OH is 5. The monoisotopic (exact) mass is 825 g/mol. The average molecular weight is 825 g/mol. The third kappa shape index (κ3) is 4.81. The standard InChI is InChI=1S/C52H72O8/c1-7-60-26-36-34-11-10-31(30(2)55)21-32(34)22-37-35(36)13-17-48-18-14-41-47(6,43(58)25-53)42(57)15-20-51(37,41)44(48)40(56)23-38-39-24-45(3,4)27-49-16-8-9-33(49)12-19-50(59,28-46(38,48)5)52(39,49)29-54/h10-12,19,21-23,30,33,35,37,39,41-44,53-55,57-59H,7-9,13-18,20,24-29H2,1-6H3/t30-,33+,35+,37-,39+,41+,42-,43+,44-,46+,47-,48+,49-,50-,51+,52+/m0/s1. The van der Waals surface area contributed by atoms with E-state index in [1.54, 1.807) is 6.92 Å². The van der Waals surface area contributed by atoms with Crippen molar-refractivity contribution in [1.82, 2.24) is 0 Å². The Morgan fingerprint density at radius 2 is 1.72 bits per heavy atom. The number of aliphatic hydroxyl groups is 6. The van der Waals surface area contributed by atoms with Gasteiger partial charge in [-0.2, -0.15) is 0 Å². The fourth-order valence-corrected chi connectivity index (χ4v) is 18.7. The van der Waals surface area contributed by atoms with Gasteiger partial charge in [-0.05, 0) is 175 Å². The SMILES string of the molecule is CCOCC1=c2ccc([C@H](C)O)cc2=C[C@H]2[C@@H]1CC[C@@]13CC[C@@H]4[C@](C)([C@H](O)CO)[C@@H](O)CC[C@]42[C@H]1C(=O)C=C1[C@H]2CC(C)(C)C[C@@]45CCC[C@@H]4C=C[C@](O)(C[C@]13C)[C@]25CO. The van der Waals surface area contributed by atoms with Crippen LogP contribution in [-0.4, -0.2) is 80.7 Å². The van der Waals surface area contributed by atoms with E-state index in [4.69, 9.17) is 4.74 Å². The van der Waals surface area contributed by atoms with E-state index >= 15 is 4.79 Å². The third-order valence-corrected chi connectivity index (χ3v) is 20.8. The van der Waals surface area contributed by atoms with E-state index < -0.39 is 63.5 Å². The summed E-state index contributed by atoms with van der Waals surface area (Å²) in [6.45, 7) is 13.3. The number of ketones is 1. The Kier molecular flexibility index (Phi) is 9.36. The van der Waals surface area contributed by atoms with Gasteiger partial charge in [-0.1, -0.05) is 70.0 Å². The normalized spacial score (nSPS) is 49.0. The van der Waals surface area contributed by atoms with Crippen molar-refractivity contribution < 1.29 is 40.2 Å². The second-order valence-electron chi connectivity index (χ2n) is 23.1. The van der Waals surface area contributed by atoms with Crippen LogP contribution in [0.2, 0.25) is 0 Å². The summed E-state index contributed by atoms with van der Waals surface area (Å²) in [5.41, 5.74) is -2.09. The second-order valence-corrected chi connectivity index (χ2v) is 23.1. The minimum Gasteiger partial charge on any atom is -0.396 e. The number of carbonyl (C=O) groups excluding carboxylic acids is 1. The molecule has 10 rings (SSSR count). The van der Waals surface area contributed by atoms with Crippen molar-refractivity contribution in [2.75, 3.05) is 26.4 Å². The van der Waals surface area contributed by atoms with Crippen LogP contribution in [0.5, 0.6) is 0 Å². The molecule has 0 aliphatic heterocycles. The first-order chi connectivity index (χ1) is 28.4. The molecule has 1 aromatic rings. The highest BCUT2D eigenvalue weighted by molar-refractivity contribution is 5.96. The van der Waals surface area contributed by atoms with E-state index in [1.807, 2.05) is 26.0 Å². The Bertz CT molecular complexity index is 2150. The summed E-state index contributed by atoms with van der Waals surface area (Å²) in [4.78, 5) is 16.2. The van der Waals surface area contributed by atoms with Crippen LogP contribution in [0.1, 0.15) is 130 Å². The van der Waals surface area contributed by atoms with Crippen molar-refractivity contribution in [2.24, 2.45) is 73.4 Å². The molecule has 9 aliphatic rings. The molecule has 6 saturated carbocycles. The second kappa shape index (κ2) is 13.4. The molecule has 60 heavy (non-hydrogen) atoms. The number of carbonyl (C=O) groups is 1. The number of hydrogen-bond donors (Lipinski definition) is 6. The van der Waals surface area contributed by atoms with Crippen molar-refractivity contribution >= 4 is 17.4 Å². The fraction of sp³-hybridized carbons (Fsp3) is 0.750. The van der Waals surface area contributed by atoms with Crippen molar-refractivity contribution in [3.8, 4) is 0 Å². The highest BCUT2D eigenvalue weighted by Gasteiger charge is 2.82. The molecule has 0 amide bonds. The van der Waals surface area contributed by atoms with Gasteiger partial charge in [0.05, 0.1) is 43.7 Å². The molecule has 6 fully saturated rings. The van der Waals surface area contributed by atoms with Gasteiger partial charge in [0.15, 0.2) is 5.78 Å². The molecule has 8 heteroatoms. The molecular formula is C52H72O8. The van der Waals surface area contributed by atoms with Crippen molar-refractivity contribution in [3.63, 3.8) is 0 Å². The average Bonchev–Trinajstić information content (AvgIpc) is 3.58. The molecule has 2 spiro atoms. The van der Waals surface area contributed by atoms with Gasteiger partial charge in [0.2, 0.25) is 0 Å². The lowest BCUT2D eigenvalue weighted by molar-refractivity contribution is -0.284. The van der Waals surface area contributed by atoms with Crippen molar-refractivity contribution in [2.45, 2.75) is 143 Å². The van der Waals surface area contributed by atoms with Crippen LogP contribution in [0.25, 0.3) is 11.6 Å². The van der Waals surface area contributed by atoms with Crippen LogP contribution in [0, 0.1) is 73.4 Å². The van der Waals surface area contributed by atoms with Gasteiger partial charge in [0.25, 0.3) is 0 Å². The van der Waals surface area contributed by atoms with Crippen LogP contribution in [0.3, 0.4) is 0 Å². The Morgan fingerprint density at radius 1 is 0.950 bits per heavy atom. The maximum Gasteiger partial charge on any atom is 0.159 e. The fourth-order valence-electron chi connectivity index (χ4n) is 18.7. The molecule has 0 unspecified atom stereocenters. The zero-order chi connectivity index (χ0) is 42.6. The van der Waals surface area contributed by atoms with E-state index in [9.17, 15) is 30.6 Å². The van der Waals surface area contributed by atoms with E-state index in [-0.39, 0.29) is 52.8 Å². The number of ether oxygens (including phenoxy) is 1. The zero-order valence-electron chi connectivity index (χ0n) is 37.1. The molecule has 0 heterocycles. The summed E-state index contributed by atoms with van der Waals surface area (Å²) in [6.07, 6.45) is 15.5. The highest BCUT2D eigenvalue weighted by Crippen LogP contribution is 2.84. The topological polar surface area (TPSA) is 148 Å². The minimum atomic E-state index is -1.27. The van der Waals surface area contributed by atoms with E-state index in [0.717, 1.165) is 66.5 Å². The van der Waals surface area contributed by atoms with E-state index in [2.05, 4.69) is 51.1 Å².